The Labute approximate surface area is 124 Å². The van der Waals surface area contributed by atoms with Crippen LogP contribution in [0.15, 0.2) is 42.5 Å². The molecule has 0 spiro atoms. The maximum absolute atomic E-state index is 6.39. The van der Waals surface area contributed by atoms with Gasteiger partial charge in [-0.2, -0.15) is 0 Å². The van der Waals surface area contributed by atoms with E-state index < -0.39 is 8.32 Å². The molecule has 0 radical (unpaired) electrons. The van der Waals surface area contributed by atoms with Gasteiger partial charge in [-0.15, -0.1) is 0 Å². The van der Waals surface area contributed by atoms with Gasteiger partial charge < -0.3 is 9.16 Å². The zero-order valence-corrected chi connectivity index (χ0v) is 14.2. The lowest BCUT2D eigenvalue weighted by atomic mass is 10.3. The standard InChI is InChI=1S/C17H28O2Si/c1-5-20(6-2,14-10-13-18-15-16(3)4)19-17-11-8-7-9-12-17/h7-9,11-12H,3,5-6,10,13-15H2,1-2,4H3. The summed E-state index contributed by atoms with van der Waals surface area (Å²) >= 11 is 0. The van der Waals surface area contributed by atoms with Crippen LogP contribution in [0, 0.1) is 0 Å². The fourth-order valence-corrected chi connectivity index (χ4v) is 5.30. The predicted octanol–water partition coefficient (Wildman–Crippen LogP) is 5.03. The first-order valence-corrected chi connectivity index (χ1v) is 10.1. The molecule has 112 valence electrons. The highest BCUT2D eigenvalue weighted by Crippen LogP contribution is 2.26. The molecule has 0 fully saturated rings. The summed E-state index contributed by atoms with van der Waals surface area (Å²) in [4.78, 5) is 0. The molecule has 0 saturated carbocycles. The quantitative estimate of drug-likeness (QED) is 0.342. The zero-order chi connectivity index (χ0) is 14.8. The molecule has 0 atom stereocenters. The van der Waals surface area contributed by atoms with E-state index in [-0.39, 0.29) is 0 Å². The number of para-hydroxylation sites is 1. The van der Waals surface area contributed by atoms with E-state index in [4.69, 9.17) is 9.16 Å². The van der Waals surface area contributed by atoms with E-state index in [9.17, 15) is 0 Å². The van der Waals surface area contributed by atoms with Gasteiger partial charge in [0.25, 0.3) is 8.32 Å². The van der Waals surface area contributed by atoms with Crippen LogP contribution in [-0.2, 0) is 4.74 Å². The average Bonchev–Trinajstić information content (AvgIpc) is 2.46. The van der Waals surface area contributed by atoms with Crippen LogP contribution in [-0.4, -0.2) is 21.5 Å². The monoisotopic (exact) mass is 292 g/mol. The van der Waals surface area contributed by atoms with E-state index in [1.807, 2.05) is 25.1 Å². The van der Waals surface area contributed by atoms with Crippen molar-refractivity contribution in [3.8, 4) is 5.75 Å². The Balaban J connectivity index is 2.47. The minimum absolute atomic E-state index is 0.673. The van der Waals surface area contributed by atoms with Gasteiger partial charge in [0, 0.05) is 6.61 Å². The molecule has 0 heterocycles. The summed E-state index contributed by atoms with van der Waals surface area (Å²) in [6.45, 7) is 11.8. The molecule has 0 saturated heterocycles. The summed E-state index contributed by atoms with van der Waals surface area (Å²) in [5, 5.41) is 0. The first-order chi connectivity index (χ1) is 9.62. The van der Waals surface area contributed by atoms with Crippen LogP contribution in [0.25, 0.3) is 0 Å². The van der Waals surface area contributed by atoms with Gasteiger partial charge in [0.2, 0.25) is 0 Å². The number of rotatable bonds is 10. The van der Waals surface area contributed by atoms with Crippen LogP contribution >= 0.6 is 0 Å². The summed E-state index contributed by atoms with van der Waals surface area (Å²) in [6, 6.07) is 13.7. The third-order valence-electron chi connectivity index (χ3n) is 3.64. The fourth-order valence-electron chi connectivity index (χ4n) is 2.28. The topological polar surface area (TPSA) is 18.5 Å². The molecule has 0 unspecified atom stereocenters. The van der Waals surface area contributed by atoms with E-state index >= 15 is 0 Å². The van der Waals surface area contributed by atoms with Crippen LogP contribution in [0.1, 0.15) is 27.2 Å². The fraction of sp³-hybridized carbons (Fsp3) is 0.529. The third-order valence-corrected chi connectivity index (χ3v) is 8.15. The van der Waals surface area contributed by atoms with Gasteiger partial charge in [-0.25, -0.2) is 0 Å². The van der Waals surface area contributed by atoms with Crippen molar-refractivity contribution in [3.05, 3.63) is 42.5 Å². The lowest BCUT2D eigenvalue weighted by Crippen LogP contribution is -2.40. The largest absolute Gasteiger partial charge is 0.543 e. The van der Waals surface area contributed by atoms with Crippen molar-refractivity contribution in [2.45, 2.75) is 45.3 Å². The smallest absolute Gasteiger partial charge is 0.250 e. The normalized spacial score (nSPS) is 11.3. The van der Waals surface area contributed by atoms with Gasteiger partial charge in [-0.1, -0.05) is 44.2 Å². The molecule has 0 amide bonds. The second kappa shape index (κ2) is 8.98. The van der Waals surface area contributed by atoms with Crippen molar-refractivity contribution in [2.75, 3.05) is 13.2 Å². The van der Waals surface area contributed by atoms with Crippen molar-refractivity contribution in [3.63, 3.8) is 0 Å². The minimum atomic E-state index is -1.66. The number of benzene rings is 1. The first-order valence-electron chi connectivity index (χ1n) is 7.58. The molecule has 0 aliphatic heterocycles. The second-order valence-corrected chi connectivity index (χ2v) is 9.90. The number of hydrogen-bond acceptors (Lipinski definition) is 2. The van der Waals surface area contributed by atoms with Crippen molar-refractivity contribution in [2.24, 2.45) is 0 Å². The van der Waals surface area contributed by atoms with Gasteiger partial charge in [0.05, 0.1) is 6.61 Å². The summed E-state index contributed by atoms with van der Waals surface area (Å²) in [6.07, 6.45) is 1.08. The molecular formula is C17H28O2Si. The summed E-state index contributed by atoms with van der Waals surface area (Å²) in [5.41, 5.74) is 1.08. The maximum Gasteiger partial charge on any atom is 0.250 e. The van der Waals surface area contributed by atoms with E-state index in [1.165, 1.54) is 0 Å². The van der Waals surface area contributed by atoms with E-state index in [0.717, 1.165) is 42.5 Å². The minimum Gasteiger partial charge on any atom is -0.543 e. The average molecular weight is 292 g/mol. The molecule has 3 heteroatoms. The van der Waals surface area contributed by atoms with E-state index in [0.29, 0.717) is 6.61 Å². The van der Waals surface area contributed by atoms with Crippen LogP contribution in [0.2, 0.25) is 18.1 Å². The molecular weight excluding hydrogens is 264 g/mol. The number of ether oxygens (including phenoxy) is 1. The molecule has 0 N–H and O–H groups in total. The zero-order valence-electron chi connectivity index (χ0n) is 13.2. The molecule has 0 aliphatic carbocycles. The molecule has 20 heavy (non-hydrogen) atoms. The van der Waals surface area contributed by atoms with Crippen LogP contribution < -0.4 is 4.43 Å². The Bertz CT molecular complexity index is 385. The Morgan fingerprint density at radius 2 is 1.80 bits per heavy atom. The molecule has 0 bridgehead atoms. The number of hydrogen-bond donors (Lipinski definition) is 0. The van der Waals surface area contributed by atoms with Crippen molar-refractivity contribution in [1.29, 1.82) is 0 Å². The lowest BCUT2D eigenvalue weighted by Gasteiger charge is -2.30. The molecule has 2 nitrogen and oxygen atoms in total. The predicted molar refractivity (Wildman–Crippen MR) is 88.8 cm³/mol. The first kappa shape index (κ1) is 17.0. The molecule has 1 rings (SSSR count). The third kappa shape index (κ3) is 5.93. The highest BCUT2D eigenvalue weighted by Gasteiger charge is 2.32. The van der Waals surface area contributed by atoms with Crippen LogP contribution in [0.5, 0.6) is 5.75 Å². The van der Waals surface area contributed by atoms with Crippen molar-refractivity contribution >= 4 is 8.32 Å². The van der Waals surface area contributed by atoms with Gasteiger partial charge in [-0.05, 0) is 43.6 Å². The maximum atomic E-state index is 6.39. The molecule has 1 aromatic carbocycles. The van der Waals surface area contributed by atoms with Crippen molar-refractivity contribution in [1.82, 2.24) is 0 Å². The summed E-state index contributed by atoms with van der Waals surface area (Å²) in [5.74, 6) is 1.02. The van der Waals surface area contributed by atoms with Gasteiger partial charge in [0.15, 0.2) is 0 Å². The molecule has 0 aliphatic rings. The molecule has 0 aromatic heterocycles. The van der Waals surface area contributed by atoms with E-state index in [1.54, 1.807) is 0 Å². The molecule has 1 aromatic rings. The van der Waals surface area contributed by atoms with Gasteiger partial charge >= 0.3 is 0 Å². The summed E-state index contributed by atoms with van der Waals surface area (Å²) in [7, 11) is -1.66. The second-order valence-electron chi connectivity index (χ2n) is 5.42. The van der Waals surface area contributed by atoms with Gasteiger partial charge in [0.1, 0.15) is 5.75 Å². The SMILES string of the molecule is C=C(C)COCCC[Si](CC)(CC)Oc1ccccc1. The Hall–Kier alpha value is -1.06. The lowest BCUT2D eigenvalue weighted by molar-refractivity contribution is 0.156. The van der Waals surface area contributed by atoms with Gasteiger partial charge in [-0.3, -0.25) is 0 Å². The Morgan fingerprint density at radius 3 is 2.35 bits per heavy atom. The van der Waals surface area contributed by atoms with Crippen LogP contribution in [0.4, 0.5) is 0 Å². The van der Waals surface area contributed by atoms with Crippen molar-refractivity contribution < 1.29 is 9.16 Å². The highest BCUT2D eigenvalue weighted by atomic mass is 28.4. The highest BCUT2D eigenvalue weighted by molar-refractivity contribution is 6.74. The summed E-state index contributed by atoms with van der Waals surface area (Å²) < 4.78 is 12.0. The van der Waals surface area contributed by atoms with E-state index in [2.05, 4.69) is 32.6 Å². The van der Waals surface area contributed by atoms with Crippen LogP contribution in [0.3, 0.4) is 0 Å². The Kier molecular flexibility index (Phi) is 7.63. The Morgan fingerprint density at radius 1 is 1.15 bits per heavy atom.